The van der Waals surface area contributed by atoms with Crippen molar-refractivity contribution in [2.75, 3.05) is 18.8 Å². The summed E-state index contributed by atoms with van der Waals surface area (Å²) < 4.78 is 5.29. The van der Waals surface area contributed by atoms with E-state index in [4.69, 9.17) is 4.52 Å². The summed E-state index contributed by atoms with van der Waals surface area (Å²) in [5.74, 6) is 5.18. The van der Waals surface area contributed by atoms with E-state index in [1.54, 1.807) is 0 Å². The second kappa shape index (κ2) is 7.14. The van der Waals surface area contributed by atoms with E-state index in [1.165, 1.54) is 6.42 Å². The van der Waals surface area contributed by atoms with Gasteiger partial charge in [-0.2, -0.15) is 16.7 Å². The molecule has 5 heteroatoms. The molecule has 0 amide bonds. The third-order valence-corrected chi connectivity index (χ3v) is 4.49. The van der Waals surface area contributed by atoms with Crippen molar-refractivity contribution in [1.82, 2.24) is 15.5 Å². The van der Waals surface area contributed by atoms with E-state index >= 15 is 0 Å². The van der Waals surface area contributed by atoms with Crippen LogP contribution in [0.4, 0.5) is 0 Å². The van der Waals surface area contributed by atoms with Gasteiger partial charge < -0.3 is 9.84 Å². The topological polar surface area (TPSA) is 51.0 Å². The Balaban J connectivity index is 1.68. The van der Waals surface area contributed by atoms with Gasteiger partial charge in [-0.25, -0.2) is 0 Å². The summed E-state index contributed by atoms with van der Waals surface area (Å²) in [6.45, 7) is 6.76. The Bertz CT molecular complexity index is 348. The fourth-order valence-corrected chi connectivity index (χ4v) is 3.01. The molecule has 0 saturated carbocycles. The molecule has 0 radical (unpaired) electrons. The molecule has 1 aliphatic rings. The van der Waals surface area contributed by atoms with E-state index < -0.39 is 0 Å². The van der Waals surface area contributed by atoms with Crippen LogP contribution >= 0.6 is 11.8 Å². The molecule has 1 aromatic heterocycles. The lowest BCUT2D eigenvalue weighted by molar-refractivity contribution is 0.361. The Labute approximate surface area is 113 Å². The van der Waals surface area contributed by atoms with E-state index in [0.717, 1.165) is 61.0 Å². The molecular formula is C13H23N3OS. The van der Waals surface area contributed by atoms with Crippen molar-refractivity contribution in [3.63, 3.8) is 0 Å². The largest absolute Gasteiger partial charge is 0.339 e. The number of nitrogens with zero attached hydrogens (tertiary/aromatic N) is 2. The molecular weight excluding hydrogens is 246 g/mol. The lowest BCUT2D eigenvalue weighted by atomic mass is 10.0. The average Bonchev–Trinajstić information content (AvgIpc) is 2.96. The standard InChI is InChI=1S/C13H23N3OS/c1-10(2)8-18-9-12-15-13(17-16-12)4-3-11-5-6-14-7-11/h10-11,14H,3-9H2,1-2H3. The molecule has 0 aliphatic carbocycles. The Kier molecular flexibility index (Phi) is 5.50. The maximum atomic E-state index is 5.29. The van der Waals surface area contributed by atoms with Gasteiger partial charge in [0, 0.05) is 6.42 Å². The van der Waals surface area contributed by atoms with Gasteiger partial charge in [0.25, 0.3) is 0 Å². The monoisotopic (exact) mass is 269 g/mol. The fourth-order valence-electron chi connectivity index (χ4n) is 2.12. The van der Waals surface area contributed by atoms with Crippen LogP contribution in [0.2, 0.25) is 0 Å². The van der Waals surface area contributed by atoms with Crippen molar-refractivity contribution >= 4 is 11.8 Å². The molecule has 1 fully saturated rings. The zero-order chi connectivity index (χ0) is 12.8. The van der Waals surface area contributed by atoms with Gasteiger partial charge in [-0.3, -0.25) is 0 Å². The highest BCUT2D eigenvalue weighted by molar-refractivity contribution is 7.98. The molecule has 1 atom stereocenters. The predicted molar refractivity (Wildman–Crippen MR) is 74.6 cm³/mol. The van der Waals surface area contributed by atoms with E-state index in [0.29, 0.717) is 0 Å². The summed E-state index contributed by atoms with van der Waals surface area (Å²) in [5, 5.41) is 7.42. The number of thioether (sulfide) groups is 1. The van der Waals surface area contributed by atoms with Gasteiger partial charge >= 0.3 is 0 Å². The Morgan fingerprint density at radius 1 is 1.50 bits per heavy atom. The second-order valence-electron chi connectivity index (χ2n) is 5.41. The molecule has 18 heavy (non-hydrogen) atoms. The van der Waals surface area contributed by atoms with Crippen molar-refractivity contribution in [2.24, 2.45) is 11.8 Å². The molecule has 1 aromatic rings. The molecule has 0 bridgehead atoms. The first kappa shape index (κ1) is 13.9. The Hall–Kier alpha value is -0.550. The van der Waals surface area contributed by atoms with Gasteiger partial charge in [-0.1, -0.05) is 19.0 Å². The molecule has 4 nitrogen and oxygen atoms in total. The maximum absolute atomic E-state index is 5.29. The normalized spacial score (nSPS) is 19.8. The van der Waals surface area contributed by atoms with E-state index in [1.807, 2.05) is 11.8 Å². The van der Waals surface area contributed by atoms with Crippen LogP contribution in [0.15, 0.2) is 4.52 Å². The number of hydrogen-bond donors (Lipinski definition) is 1. The zero-order valence-electron chi connectivity index (χ0n) is 11.3. The third kappa shape index (κ3) is 4.61. The summed E-state index contributed by atoms with van der Waals surface area (Å²) in [4.78, 5) is 4.45. The number of rotatable bonds is 7. The molecule has 1 saturated heterocycles. The quantitative estimate of drug-likeness (QED) is 0.824. The van der Waals surface area contributed by atoms with Gasteiger partial charge in [-0.15, -0.1) is 0 Å². The summed E-state index contributed by atoms with van der Waals surface area (Å²) in [5.41, 5.74) is 0. The highest BCUT2D eigenvalue weighted by atomic mass is 32.2. The van der Waals surface area contributed by atoms with Crippen molar-refractivity contribution in [1.29, 1.82) is 0 Å². The van der Waals surface area contributed by atoms with Crippen molar-refractivity contribution in [3.05, 3.63) is 11.7 Å². The smallest absolute Gasteiger partial charge is 0.226 e. The molecule has 1 aliphatic heterocycles. The molecule has 1 N–H and O–H groups in total. The van der Waals surface area contributed by atoms with Crippen LogP contribution in [-0.4, -0.2) is 29.0 Å². The van der Waals surface area contributed by atoms with Gasteiger partial charge in [-0.05, 0) is 43.5 Å². The summed E-state index contributed by atoms with van der Waals surface area (Å²) >= 11 is 1.88. The van der Waals surface area contributed by atoms with E-state index in [-0.39, 0.29) is 0 Å². The minimum atomic E-state index is 0.719. The highest BCUT2D eigenvalue weighted by Crippen LogP contribution is 2.17. The summed E-state index contributed by atoms with van der Waals surface area (Å²) in [6, 6.07) is 0. The summed E-state index contributed by atoms with van der Waals surface area (Å²) in [6.07, 6.45) is 3.37. The Morgan fingerprint density at radius 3 is 3.11 bits per heavy atom. The third-order valence-electron chi connectivity index (χ3n) is 3.12. The van der Waals surface area contributed by atoms with Crippen molar-refractivity contribution < 1.29 is 4.52 Å². The SMILES string of the molecule is CC(C)CSCc1noc(CCC2CCNC2)n1. The molecule has 102 valence electrons. The van der Waals surface area contributed by atoms with Crippen LogP contribution in [0.25, 0.3) is 0 Å². The number of hydrogen-bond acceptors (Lipinski definition) is 5. The van der Waals surface area contributed by atoms with E-state index in [2.05, 4.69) is 29.3 Å². The van der Waals surface area contributed by atoms with Crippen molar-refractivity contribution in [3.8, 4) is 0 Å². The zero-order valence-corrected chi connectivity index (χ0v) is 12.1. The molecule has 2 heterocycles. The lowest BCUT2D eigenvalue weighted by Gasteiger charge is -2.04. The van der Waals surface area contributed by atoms with E-state index in [9.17, 15) is 0 Å². The molecule has 2 rings (SSSR count). The number of aromatic nitrogens is 2. The molecule has 1 unspecified atom stereocenters. The van der Waals surface area contributed by atoms with Crippen molar-refractivity contribution in [2.45, 2.75) is 38.9 Å². The highest BCUT2D eigenvalue weighted by Gasteiger charge is 2.16. The molecule has 0 spiro atoms. The maximum Gasteiger partial charge on any atom is 0.226 e. The van der Waals surface area contributed by atoms with Crippen LogP contribution in [0.5, 0.6) is 0 Å². The second-order valence-corrected chi connectivity index (χ2v) is 6.44. The van der Waals surface area contributed by atoms with Gasteiger partial charge in [0.05, 0.1) is 5.75 Å². The van der Waals surface area contributed by atoms with Crippen LogP contribution in [0, 0.1) is 11.8 Å². The average molecular weight is 269 g/mol. The summed E-state index contributed by atoms with van der Waals surface area (Å²) in [7, 11) is 0. The van der Waals surface area contributed by atoms with Crippen LogP contribution < -0.4 is 5.32 Å². The first-order valence-corrected chi connectivity index (χ1v) is 7.99. The minimum absolute atomic E-state index is 0.719. The molecule has 0 aromatic carbocycles. The van der Waals surface area contributed by atoms with Crippen LogP contribution in [0.3, 0.4) is 0 Å². The number of nitrogens with one attached hydrogen (secondary N) is 1. The lowest BCUT2D eigenvalue weighted by Crippen LogP contribution is -2.09. The first-order chi connectivity index (χ1) is 8.74. The van der Waals surface area contributed by atoms with Crippen LogP contribution in [-0.2, 0) is 12.2 Å². The number of aryl methyl sites for hydroxylation is 1. The van der Waals surface area contributed by atoms with Gasteiger partial charge in [0.1, 0.15) is 0 Å². The Morgan fingerprint density at radius 2 is 2.39 bits per heavy atom. The van der Waals surface area contributed by atoms with Crippen LogP contribution in [0.1, 0.15) is 38.4 Å². The minimum Gasteiger partial charge on any atom is -0.339 e. The van der Waals surface area contributed by atoms with Gasteiger partial charge in [0.15, 0.2) is 5.82 Å². The predicted octanol–water partition coefficient (Wildman–Crippen LogP) is 2.50. The first-order valence-electron chi connectivity index (χ1n) is 6.84. The fraction of sp³-hybridized carbons (Fsp3) is 0.846. The van der Waals surface area contributed by atoms with Gasteiger partial charge in [0.2, 0.25) is 5.89 Å².